The molecule has 3 nitrogen and oxygen atoms in total. The van der Waals surface area contributed by atoms with E-state index in [0.29, 0.717) is 0 Å². The van der Waals surface area contributed by atoms with E-state index in [9.17, 15) is 0 Å². The molecule has 4 heteroatoms. The number of fused-ring (bicyclic) bond motifs is 1. The van der Waals surface area contributed by atoms with Gasteiger partial charge in [-0.2, -0.15) is 0 Å². The summed E-state index contributed by atoms with van der Waals surface area (Å²) in [5, 5.41) is 0. The molecule has 1 aliphatic heterocycles. The van der Waals surface area contributed by atoms with Gasteiger partial charge in [0.15, 0.2) is 5.49 Å². The Hall–Kier alpha value is -1.06. The van der Waals surface area contributed by atoms with Crippen LogP contribution in [0.3, 0.4) is 0 Å². The van der Waals surface area contributed by atoms with Gasteiger partial charge < -0.3 is 16.6 Å². The zero-order chi connectivity index (χ0) is 11.0. The average molecular weight is 313 g/mol. The maximum Gasteiger partial charge on any atom is 0.208 e. The molecule has 1 aromatic carbocycles. The van der Waals surface area contributed by atoms with Gasteiger partial charge in [0.1, 0.15) is 0 Å². The third-order valence-corrected chi connectivity index (χ3v) is 2.65. The van der Waals surface area contributed by atoms with Crippen LogP contribution in [0.25, 0.3) is 0 Å². The molecular weight excluding hydrogens is 299 g/mol. The van der Waals surface area contributed by atoms with Gasteiger partial charge in [0.25, 0.3) is 0 Å². The number of hydrogen-bond donors (Lipinski definition) is 0. The van der Waals surface area contributed by atoms with Gasteiger partial charge >= 0.3 is 0 Å². The van der Waals surface area contributed by atoms with E-state index in [4.69, 9.17) is 0 Å². The second-order valence-electron chi connectivity index (χ2n) is 3.71. The Balaban J connectivity index is 0.000000810. The van der Waals surface area contributed by atoms with Crippen molar-refractivity contribution in [1.82, 2.24) is 9.14 Å². The molecule has 0 saturated heterocycles. The zero-order valence-electron chi connectivity index (χ0n) is 10.5. The molecule has 0 amide bonds. The first-order chi connectivity index (χ1) is 7.86. The standard InChI is InChI=1S/C13H11N3.CH3.Y/c1-15-9-5-4-8-13(15)16-10-14-11-6-2-3-7-12(11)16;;/h2-9H,1H3;1H3;/q;-1;. The van der Waals surface area contributed by atoms with Crippen molar-refractivity contribution >= 4 is 17.7 Å². The van der Waals surface area contributed by atoms with Crippen LogP contribution in [-0.2, 0) is 39.8 Å². The summed E-state index contributed by atoms with van der Waals surface area (Å²) in [7, 11) is 2.01. The number of nitrogens with zero attached hydrogens (tertiary/aromatic N) is 3. The van der Waals surface area contributed by atoms with Gasteiger partial charge in [0.05, 0.1) is 11.9 Å². The van der Waals surface area contributed by atoms with Crippen molar-refractivity contribution in [3.63, 3.8) is 0 Å². The van der Waals surface area contributed by atoms with Gasteiger partial charge in [-0.1, -0.05) is 30.3 Å². The Labute approximate surface area is 132 Å². The first-order valence-corrected chi connectivity index (χ1v) is 5.16. The van der Waals surface area contributed by atoms with Gasteiger partial charge in [0.2, 0.25) is 6.34 Å². The molecule has 89 valence electrons. The molecule has 0 fully saturated rings. The minimum atomic E-state index is 0. The molecule has 2 aromatic rings. The molecule has 0 saturated carbocycles. The summed E-state index contributed by atoms with van der Waals surface area (Å²) in [6.45, 7) is 0. The maximum absolute atomic E-state index is 4.26. The van der Waals surface area contributed by atoms with E-state index in [1.54, 1.807) is 0 Å². The number of pyridine rings is 1. The predicted octanol–water partition coefficient (Wildman–Crippen LogP) is 2.13. The largest absolute Gasteiger partial charge is 0.358 e. The molecule has 18 heavy (non-hydrogen) atoms. The molecule has 0 bridgehead atoms. The molecule has 3 rings (SSSR count). The minimum absolute atomic E-state index is 0. The van der Waals surface area contributed by atoms with Crippen LogP contribution in [0.4, 0.5) is 11.4 Å². The number of aromatic nitrogens is 1. The molecule has 1 aromatic heterocycles. The quantitative estimate of drug-likeness (QED) is 0.525. The Morgan fingerprint density at radius 3 is 2.61 bits per heavy atom. The summed E-state index contributed by atoms with van der Waals surface area (Å²) in [6.07, 6.45) is 5.03. The Morgan fingerprint density at radius 1 is 1.11 bits per heavy atom. The van der Waals surface area contributed by atoms with Crippen LogP contribution in [0.15, 0.2) is 53.7 Å². The number of hydrogen-bond acceptors (Lipinski definition) is 1. The number of aliphatic imine (C=N–C) groups is 1. The molecule has 0 N–H and O–H groups in total. The molecule has 2 heterocycles. The summed E-state index contributed by atoms with van der Waals surface area (Å²) >= 11 is 0. The van der Waals surface area contributed by atoms with Crippen molar-refractivity contribution in [3.8, 4) is 0 Å². The second-order valence-corrected chi connectivity index (χ2v) is 3.71. The Kier molecular flexibility index (Phi) is 5.18. The SMILES string of the molecule is Cn1ccccc1=[N+]1[C-]=Nc2ccccc21.[CH3-].[Y]. The average Bonchev–Trinajstić information content (AvgIpc) is 2.74. The fraction of sp³-hybridized carbons (Fsp3) is 0.0714. The maximum atomic E-state index is 4.26. The van der Waals surface area contributed by atoms with Crippen LogP contribution in [0, 0.1) is 7.43 Å². The van der Waals surface area contributed by atoms with E-state index in [1.165, 1.54) is 0 Å². The van der Waals surface area contributed by atoms with E-state index >= 15 is 0 Å². The third-order valence-electron chi connectivity index (χ3n) is 2.65. The number of aryl methyl sites for hydroxylation is 1. The molecule has 0 atom stereocenters. The topological polar surface area (TPSA) is 20.3 Å². The van der Waals surface area contributed by atoms with E-state index in [1.807, 2.05) is 64.9 Å². The molecule has 1 aliphatic rings. The minimum Gasteiger partial charge on any atom is -0.358 e. The second kappa shape index (κ2) is 6.21. The summed E-state index contributed by atoms with van der Waals surface area (Å²) in [6, 6.07) is 14.1. The van der Waals surface area contributed by atoms with Crippen molar-refractivity contribution in [2.24, 2.45) is 12.0 Å². The Bertz CT molecular complexity index is 641. The summed E-state index contributed by atoms with van der Waals surface area (Å²) < 4.78 is 4.01. The van der Waals surface area contributed by atoms with Crippen LogP contribution < -0.4 is 10.1 Å². The molecule has 0 spiro atoms. The predicted molar refractivity (Wildman–Crippen MR) is 70.3 cm³/mol. The number of rotatable bonds is 0. The smallest absolute Gasteiger partial charge is 0.208 e. The summed E-state index contributed by atoms with van der Waals surface area (Å²) in [5.41, 5.74) is 3.09. The van der Waals surface area contributed by atoms with E-state index in [-0.39, 0.29) is 40.1 Å². The van der Waals surface area contributed by atoms with Gasteiger partial charge in [-0.25, -0.2) is 4.99 Å². The van der Waals surface area contributed by atoms with Crippen molar-refractivity contribution < 1.29 is 32.7 Å². The fourth-order valence-electron chi connectivity index (χ4n) is 1.83. The molecular formula is C14H14N3Y-. The van der Waals surface area contributed by atoms with Crippen LogP contribution >= 0.6 is 0 Å². The van der Waals surface area contributed by atoms with Crippen LogP contribution in [0.1, 0.15) is 0 Å². The van der Waals surface area contributed by atoms with Gasteiger partial charge in [-0.15, -0.1) is 0 Å². The van der Waals surface area contributed by atoms with E-state index < -0.39 is 0 Å². The zero-order valence-corrected chi connectivity index (χ0v) is 13.4. The Morgan fingerprint density at radius 2 is 1.83 bits per heavy atom. The van der Waals surface area contributed by atoms with Crippen LogP contribution in [0.2, 0.25) is 0 Å². The molecule has 0 unspecified atom stereocenters. The monoisotopic (exact) mass is 313 g/mol. The first-order valence-electron chi connectivity index (χ1n) is 5.16. The first kappa shape index (κ1) is 15.0. The van der Waals surface area contributed by atoms with Crippen molar-refractivity contribution in [1.29, 1.82) is 0 Å². The number of benzene rings is 1. The summed E-state index contributed by atoms with van der Waals surface area (Å²) in [4.78, 5) is 4.26. The van der Waals surface area contributed by atoms with E-state index in [0.717, 1.165) is 16.9 Å². The van der Waals surface area contributed by atoms with Gasteiger partial charge in [-0.3, -0.25) is 0 Å². The van der Waals surface area contributed by atoms with Crippen molar-refractivity contribution in [2.45, 2.75) is 0 Å². The normalized spacial score (nSPS) is 14.5. The van der Waals surface area contributed by atoms with Crippen LogP contribution in [-0.4, -0.2) is 10.9 Å². The van der Waals surface area contributed by atoms with E-state index in [2.05, 4.69) is 11.3 Å². The third kappa shape index (κ3) is 2.52. The fourth-order valence-corrected chi connectivity index (χ4v) is 1.83. The molecule has 1 radical (unpaired) electrons. The summed E-state index contributed by atoms with van der Waals surface area (Å²) in [5.74, 6) is 0. The van der Waals surface area contributed by atoms with Crippen molar-refractivity contribution in [3.05, 3.63) is 61.6 Å². The van der Waals surface area contributed by atoms with Crippen molar-refractivity contribution in [2.75, 3.05) is 0 Å². The number of para-hydroxylation sites is 2. The van der Waals surface area contributed by atoms with Crippen LogP contribution in [0.5, 0.6) is 0 Å². The molecule has 0 aliphatic carbocycles. The van der Waals surface area contributed by atoms with Gasteiger partial charge in [0, 0.05) is 45.4 Å². The van der Waals surface area contributed by atoms with Gasteiger partial charge in [-0.05, 0) is 12.1 Å².